The highest BCUT2D eigenvalue weighted by atomic mass is 15.3. The average molecular weight is 255 g/mol. The molecule has 0 amide bonds. The van der Waals surface area contributed by atoms with Crippen LogP contribution in [-0.2, 0) is 0 Å². The highest BCUT2D eigenvalue weighted by molar-refractivity contribution is 4.75. The molecule has 108 valence electrons. The molecule has 0 atom stereocenters. The summed E-state index contributed by atoms with van der Waals surface area (Å²) in [5.41, 5.74) is 6.09. The average Bonchev–Trinajstić information content (AvgIpc) is 2.35. The molecule has 1 fully saturated rings. The van der Waals surface area contributed by atoms with E-state index in [4.69, 9.17) is 5.73 Å². The molecule has 0 saturated carbocycles. The van der Waals surface area contributed by atoms with Gasteiger partial charge < -0.3 is 10.6 Å². The highest BCUT2D eigenvalue weighted by Crippen LogP contribution is 2.21. The molecule has 0 aromatic carbocycles. The van der Waals surface area contributed by atoms with Crippen LogP contribution in [0, 0.1) is 5.41 Å². The molecule has 0 aromatic rings. The zero-order chi connectivity index (χ0) is 13.6. The zero-order valence-electron chi connectivity index (χ0n) is 12.9. The fourth-order valence-corrected chi connectivity index (χ4v) is 2.54. The summed E-state index contributed by atoms with van der Waals surface area (Å²) < 4.78 is 0. The van der Waals surface area contributed by atoms with Gasteiger partial charge in [-0.05, 0) is 45.2 Å². The Labute approximate surface area is 114 Å². The van der Waals surface area contributed by atoms with E-state index < -0.39 is 0 Å². The van der Waals surface area contributed by atoms with Crippen molar-refractivity contribution in [2.45, 2.75) is 53.0 Å². The first-order valence-corrected chi connectivity index (χ1v) is 7.61. The van der Waals surface area contributed by atoms with Gasteiger partial charge in [0.1, 0.15) is 0 Å². The summed E-state index contributed by atoms with van der Waals surface area (Å²) in [5, 5.41) is 0. The van der Waals surface area contributed by atoms with Crippen LogP contribution in [0.15, 0.2) is 0 Å². The number of rotatable bonds is 7. The maximum atomic E-state index is 5.76. The van der Waals surface area contributed by atoms with Crippen LogP contribution in [0.4, 0.5) is 0 Å². The number of nitrogens with zero attached hydrogens (tertiary/aromatic N) is 2. The summed E-state index contributed by atoms with van der Waals surface area (Å²) in [6, 6.07) is 0.706. The summed E-state index contributed by atoms with van der Waals surface area (Å²) in [5.74, 6) is 0. The van der Waals surface area contributed by atoms with Crippen LogP contribution in [0.2, 0.25) is 0 Å². The molecule has 1 aliphatic rings. The van der Waals surface area contributed by atoms with Crippen LogP contribution in [0.5, 0.6) is 0 Å². The van der Waals surface area contributed by atoms with Gasteiger partial charge in [-0.2, -0.15) is 0 Å². The Morgan fingerprint density at radius 3 is 2.17 bits per heavy atom. The van der Waals surface area contributed by atoms with Crippen molar-refractivity contribution in [1.82, 2.24) is 9.80 Å². The van der Waals surface area contributed by atoms with Gasteiger partial charge >= 0.3 is 0 Å². The van der Waals surface area contributed by atoms with Crippen molar-refractivity contribution in [3.8, 4) is 0 Å². The van der Waals surface area contributed by atoms with Crippen LogP contribution in [0.3, 0.4) is 0 Å². The second-order valence-electron chi connectivity index (χ2n) is 6.80. The molecule has 0 aromatic heterocycles. The van der Waals surface area contributed by atoms with Crippen LogP contribution in [0.1, 0.15) is 47.0 Å². The van der Waals surface area contributed by atoms with E-state index in [1.54, 1.807) is 0 Å². The van der Waals surface area contributed by atoms with Crippen molar-refractivity contribution >= 4 is 0 Å². The third-order valence-electron chi connectivity index (χ3n) is 4.27. The van der Waals surface area contributed by atoms with Crippen molar-refractivity contribution in [3.05, 3.63) is 0 Å². The molecule has 1 aliphatic heterocycles. The lowest BCUT2D eigenvalue weighted by Crippen LogP contribution is -2.48. The third kappa shape index (κ3) is 5.68. The second-order valence-corrected chi connectivity index (χ2v) is 6.80. The van der Waals surface area contributed by atoms with E-state index in [9.17, 15) is 0 Å². The van der Waals surface area contributed by atoms with Crippen LogP contribution < -0.4 is 5.73 Å². The minimum atomic E-state index is 0.330. The van der Waals surface area contributed by atoms with Crippen LogP contribution in [0.25, 0.3) is 0 Å². The van der Waals surface area contributed by atoms with Crippen molar-refractivity contribution in [1.29, 1.82) is 0 Å². The van der Waals surface area contributed by atoms with Gasteiger partial charge in [0, 0.05) is 32.2 Å². The zero-order valence-corrected chi connectivity index (χ0v) is 12.9. The molecule has 3 heteroatoms. The van der Waals surface area contributed by atoms with E-state index in [1.165, 1.54) is 52.0 Å². The van der Waals surface area contributed by atoms with E-state index in [2.05, 4.69) is 37.5 Å². The maximum absolute atomic E-state index is 5.76. The van der Waals surface area contributed by atoms with E-state index in [-0.39, 0.29) is 0 Å². The van der Waals surface area contributed by atoms with Gasteiger partial charge in [-0.25, -0.2) is 0 Å². The third-order valence-corrected chi connectivity index (χ3v) is 4.27. The normalized spacial score (nSPS) is 19.7. The maximum Gasteiger partial charge on any atom is 0.0113 e. The first-order valence-electron chi connectivity index (χ1n) is 7.61. The monoisotopic (exact) mass is 255 g/mol. The smallest absolute Gasteiger partial charge is 0.0113 e. The first-order chi connectivity index (χ1) is 8.44. The second kappa shape index (κ2) is 7.46. The van der Waals surface area contributed by atoms with Crippen molar-refractivity contribution in [2.24, 2.45) is 11.1 Å². The van der Waals surface area contributed by atoms with Gasteiger partial charge in [0.15, 0.2) is 0 Å². The van der Waals surface area contributed by atoms with Crippen molar-refractivity contribution in [3.63, 3.8) is 0 Å². The summed E-state index contributed by atoms with van der Waals surface area (Å²) in [4.78, 5) is 5.20. The number of unbranched alkanes of at least 4 members (excludes halogenated alkanes) is 1. The van der Waals surface area contributed by atoms with Gasteiger partial charge in [-0.1, -0.05) is 20.3 Å². The molecule has 0 radical (unpaired) electrons. The minimum absolute atomic E-state index is 0.330. The minimum Gasteiger partial charge on any atom is -0.330 e. The van der Waals surface area contributed by atoms with Crippen LogP contribution in [-0.4, -0.2) is 55.1 Å². The number of piperazine rings is 1. The van der Waals surface area contributed by atoms with Gasteiger partial charge in [-0.15, -0.1) is 0 Å². The van der Waals surface area contributed by atoms with E-state index >= 15 is 0 Å². The topological polar surface area (TPSA) is 32.5 Å². The fourth-order valence-electron chi connectivity index (χ4n) is 2.54. The Morgan fingerprint density at radius 2 is 1.67 bits per heavy atom. The van der Waals surface area contributed by atoms with Gasteiger partial charge in [-0.3, -0.25) is 4.90 Å². The fraction of sp³-hybridized carbons (Fsp3) is 1.00. The quantitative estimate of drug-likeness (QED) is 0.708. The Hall–Kier alpha value is -0.120. The molecular weight excluding hydrogens is 222 g/mol. The predicted molar refractivity (Wildman–Crippen MR) is 79.8 cm³/mol. The lowest BCUT2D eigenvalue weighted by molar-refractivity contribution is 0.106. The number of hydrogen-bond acceptors (Lipinski definition) is 3. The first kappa shape index (κ1) is 15.9. The van der Waals surface area contributed by atoms with Gasteiger partial charge in [0.25, 0.3) is 0 Å². The molecule has 18 heavy (non-hydrogen) atoms. The molecule has 2 N–H and O–H groups in total. The molecular formula is C15H33N3. The highest BCUT2D eigenvalue weighted by Gasteiger charge is 2.19. The molecule has 1 rings (SSSR count). The Bertz CT molecular complexity index is 218. The van der Waals surface area contributed by atoms with Crippen LogP contribution >= 0.6 is 0 Å². The molecule has 1 heterocycles. The summed E-state index contributed by atoms with van der Waals surface area (Å²) in [6.45, 7) is 16.2. The Balaban J connectivity index is 2.08. The Kier molecular flexibility index (Phi) is 6.61. The molecule has 0 bridgehead atoms. The Morgan fingerprint density at radius 1 is 1.06 bits per heavy atom. The molecule has 0 spiro atoms. The SMILES string of the molecule is CC(C)N1CCN(CCCCC(C)(C)CN)CC1. The lowest BCUT2D eigenvalue weighted by Gasteiger charge is -2.37. The van der Waals surface area contributed by atoms with Crippen molar-refractivity contribution < 1.29 is 0 Å². The largest absolute Gasteiger partial charge is 0.330 e. The predicted octanol–water partition coefficient (Wildman–Crippen LogP) is 2.17. The van der Waals surface area contributed by atoms with Gasteiger partial charge in [0.05, 0.1) is 0 Å². The number of hydrogen-bond donors (Lipinski definition) is 1. The molecule has 1 saturated heterocycles. The summed E-state index contributed by atoms with van der Waals surface area (Å²) in [6.07, 6.45) is 3.90. The summed E-state index contributed by atoms with van der Waals surface area (Å²) >= 11 is 0. The van der Waals surface area contributed by atoms with E-state index in [0.29, 0.717) is 11.5 Å². The van der Waals surface area contributed by atoms with Gasteiger partial charge in [0.2, 0.25) is 0 Å². The molecule has 0 unspecified atom stereocenters. The standard InChI is InChI=1S/C15H33N3/c1-14(2)18-11-9-17(10-12-18)8-6-5-7-15(3,4)13-16/h14H,5-13,16H2,1-4H3. The van der Waals surface area contributed by atoms with E-state index in [0.717, 1.165) is 6.54 Å². The lowest BCUT2D eigenvalue weighted by atomic mass is 9.87. The van der Waals surface area contributed by atoms with E-state index in [1.807, 2.05) is 0 Å². The number of nitrogens with two attached hydrogens (primary N) is 1. The molecule has 0 aliphatic carbocycles. The molecule has 3 nitrogen and oxygen atoms in total. The van der Waals surface area contributed by atoms with Crippen molar-refractivity contribution in [2.75, 3.05) is 39.3 Å². The summed E-state index contributed by atoms with van der Waals surface area (Å²) in [7, 11) is 0.